The van der Waals surface area contributed by atoms with Gasteiger partial charge in [0.05, 0.1) is 5.69 Å². The average Bonchev–Trinajstić information content (AvgIpc) is 3.10. The second-order valence-electron chi connectivity index (χ2n) is 6.21. The van der Waals surface area contributed by atoms with E-state index in [1.807, 2.05) is 61.5 Å². The van der Waals surface area contributed by atoms with Gasteiger partial charge >= 0.3 is 0 Å². The molecular formula is C20H25ClN2O2. The molecule has 1 fully saturated rings. The summed E-state index contributed by atoms with van der Waals surface area (Å²) in [6, 6.07) is 18.0. The normalized spacial score (nSPS) is 17.4. The number of hydrogen-bond donors (Lipinski definition) is 2. The number of ether oxygens (including phenoxy) is 1. The van der Waals surface area contributed by atoms with Crippen LogP contribution in [0.15, 0.2) is 54.6 Å². The summed E-state index contributed by atoms with van der Waals surface area (Å²) >= 11 is 0. The Morgan fingerprint density at radius 1 is 1.20 bits per heavy atom. The number of para-hydroxylation sites is 2. The maximum atomic E-state index is 12.3. The fraction of sp³-hybridized carbons (Fsp3) is 0.350. The highest BCUT2D eigenvalue weighted by Crippen LogP contribution is 2.29. The van der Waals surface area contributed by atoms with Crippen molar-refractivity contribution in [1.29, 1.82) is 0 Å². The monoisotopic (exact) mass is 360 g/mol. The Morgan fingerprint density at radius 3 is 2.64 bits per heavy atom. The van der Waals surface area contributed by atoms with Crippen LogP contribution in [0.25, 0.3) is 0 Å². The van der Waals surface area contributed by atoms with Crippen LogP contribution in [-0.2, 0) is 4.79 Å². The van der Waals surface area contributed by atoms with E-state index in [-0.39, 0.29) is 24.4 Å². The molecule has 0 aliphatic carbocycles. The molecule has 1 heterocycles. The van der Waals surface area contributed by atoms with Gasteiger partial charge < -0.3 is 15.4 Å². The van der Waals surface area contributed by atoms with Crippen LogP contribution in [0, 0.1) is 0 Å². The predicted octanol–water partition coefficient (Wildman–Crippen LogP) is 4.33. The molecule has 1 amide bonds. The maximum Gasteiger partial charge on any atom is 0.226 e. The average molecular weight is 361 g/mol. The van der Waals surface area contributed by atoms with E-state index in [4.69, 9.17) is 4.74 Å². The molecule has 1 saturated heterocycles. The number of rotatable bonds is 6. The van der Waals surface area contributed by atoms with E-state index in [2.05, 4.69) is 10.6 Å². The molecule has 0 saturated carbocycles. The van der Waals surface area contributed by atoms with Gasteiger partial charge in [-0.1, -0.05) is 42.5 Å². The number of benzene rings is 2. The maximum absolute atomic E-state index is 12.3. The SMILES string of the molecule is CC(Oc1ccccc1NC(=O)CC1CCCN1)c1ccccc1.Cl. The van der Waals surface area contributed by atoms with Gasteiger partial charge in [0.15, 0.2) is 0 Å². The van der Waals surface area contributed by atoms with Crippen LogP contribution in [0.4, 0.5) is 5.69 Å². The van der Waals surface area contributed by atoms with Crippen LogP contribution in [0.1, 0.15) is 37.9 Å². The second-order valence-corrected chi connectivity index (χ2v) is 6.21. The van der Waals surface area contributed by atoms with Gasteiger partial charge in [-0.15, -0.1) is 12.4 Å². The summed E-state index contributed by atoms with van der Waals surface area (Å²) in [7, 11) is 0. The van der Waals surface area contributed by atoms with Crippen molar-refractivity contribution in [3.05, 3.63) is 60.2 Å². The number of hydrogen-bond acceptors (Lipinski definition) is 3. The Labute approximate surface area is 155 Å². The summed E-state index contributed by atoms with van der Waals surface area (Å²) in [5, 5.41) is 6.34. The number of carbonyl (C=O) groups is 1. The molecule has 1 aliphatic heterocycles. The van der Waals surface area contributed by atoms with Crippen LogP contribution < -0.4 is 15.4 Å². The van der Waals surface area contributed by atoms with Gasteiger partial charge in [0.2, 0.25) is 5.91 Å². The molecule has 0 radical (unpaired) electrons. The van der Waals surface area contributed by atoms with Crippen molar-refractivity contribution in [1.82, 2.24) is 5.32 Å². The number of nitrogens with one attached hydrogen (secondary N) is 2. The van der Waals surface area contributed by atoms with Crippen molar-refractivity contribution in [3.8, 4) is 5.75 Å². The Bertz CT molecular complexity index is 672. The van der Waals surface area contributed by atoms with Crippen molar-refractivity contribution in [3.63, 3.8) is 0 Å². The van der Waals surface area contributed by atoms with Gasteiger partial charge in [-0.3, -0.25) is 4.79 Å². The lowest BCUT2D eigenvalue weighted by Crippen LogP contribution is -2.27. The number of anilines is 1. The Hall–Kier alpha value is -2.04. The molecule has 0 bridgehead atoms. The van der Waals surface area contributed by atoms with Gasteiger partial charge in [-0.25, -0.2) is 0 Å². The summed E-state index contributed by atoms with van der Waals surface area (Å²) in [5.74, 6) is 0.722. The number of carbonyl (C=O) groups excluding carboxylic acids is 1. The van der Waals surface area contributed by atoms with Gasteiger partial charge in [-0.2, -0.15) is 0 Å². The number of amides is 1. The molecular weight excluding hydrogens is 336 g/mol. The first-order chi connectivity index (χ1) is 11.7. The van der Waals surface area contributed by atoms with Crippen LogP contribution in [0.2, 0.25) is 0 Å². The molecule has 0 spiro atoms. The fourth-order valence-corrected chi connectivity index (χ4v) is 3.01. The highest BCUT2D eigenvalue weighted by atomic mass is 35.5. The van der Waals surface area contributed by atoms with Crippen molar-refractivity contribution in [2.45, 2.75) is 38.3 Å². The van der Waals surface area contributed by atoms with E-state index < -0.39 is 0 Å². The summed E-state index contributed by atoms with van der Waals surface area (Å²) in [5.41, 5.74) is 1.83. The summed E-state index contributed by atoms with van der Waals surface area (Å²) in [4.78, 5) is 12.3. The second kappa shape index (κ2) is 9.44. The number of halogens is 1. The molecule has 1 aliphatic rings. The molecule has 0 aromatic heterocycles. The molecule has 2 unspecified atom stereocenters. The molecule has 4 nitrogen and oxygen atoms in total. The van der Waals surface area contributed by atoms with Gasteiger partial charge in [0.25, 0.3) is 0 Å². The highest BCUT2D eigenvalue weighted by molar-refractivity contribution is 5.92. The zero-order valence-electron chi connectivity index (χ0n) is 14.4. The minimum absolute atomic E-state index is 0. The summed E-state index contributed by atoms with van der Waals surface area (Å²) < 4.78 is 6.07. The van der Waals surface area contributed by atoms with E-state index in [0.717, 1.165) is 30.6 Å². The minimum atomic E-state index is -0.0826. The summed E-state index contributed by atoms with van der Waals surface area (Å²) in [6.07, 6.45) is 2.63. The zero-order chi connectivity index (χ0) is 16.8. The molecule has 2 aromatic rings. The third kappa shape index (κ3) is 5.48. The van der Waals surface area contributed by atoms with E-state index in [9.17, 15) is 4.79 Å². The molecule has 5 heteroatoms. The van der Waals surface area contributed by atoms with Gasteiger partial charge in [0, 0.05) is 12.5 Å². The lowest BCUT2D eigenvalue weighted by atomic mass is 10.1. The highest BCUT2D eigenvalue weighted by Gasteiger charge is 2.18. The van der Waals surface area contributed by atoms with Crippen LogP contribution in [0.3, 0.4) is 0 Å². The van der Waals surface area contributed by atoms with E-state index in [1.165, 1.54) is 0 Å². The standard InChI is InChI=1S/C20H24N2O2.ClH/c1-15(16-8-3-2-4-9-16)24-19-12-6-5-11-18(19)22-20(23)14-17-10-7-13-21-17;/h2-6,8-9,11-12,15,17,21H,7,10,13-14H2,1H3,(H,22,23);1H. The van der Waals surface area contributed by atoms with E-state index in [0.29, 0.717) is 18.2 Å². The fourth-order valence-electron chi connectivity index (χ4n) is 3.01. The summed E-state index contributed by atoms with van der Waals surface area (Å²) in [6.45, 7) is 3.02. The lowest BCUT2D eigenvalue weighted by molar-refractivity contribution is -0.116. The van der Waals surface area contributed by atoms with Gasteiger partial charge in [0.1, 0.15) is 11.9 Å². The van der Waals surface area contributed by atoms with Crippen molar-refractivity contribution in [2.24, 2.45) is 0 Å². The largest absolute Gasteiger partial charge is 0.484 e. The Kier molecular flexibility index (Phi) is 7.29. The lowest BCUT2D eigenvalue weighted by Gasteiger charge is -2.18. The predicted molar refractivity (Wildman–Crippen MR) is 103 cm³/mol. The first-order valence-electron chi connectivity index (χ1n) is 8.56. The first-order valence-corrected chi connectivity index (χ1v) is 8.56. The van der Waals surface area contributed by atoms with Crippen molar-refractivity contribution < 1.29 is 9.53 Å². The molecule has 2 N–H and O–H groups in total. The molecule has 3 rings (SSSR count). The zero-order valence-corrected chi connectivity index (χ0v) is 15.2. The van der Waals surface area contributed by atoms with E-state index >= 15 is 0 Å². The topological polar surface area (TPSA) is 50.4 Å². The molecule has 2 aromatic carbocycles. The van der Waals surface area contributed by atoms with E-state index in [1.54, 1.807) is 0 Å². The quantitative estimate of drug-likeness (QED) is 0.806. The molecule has 25 heavy (non-hydrogen) atoms. The Balaban J connectivity index is 0.00000225. The smallest absolute Gasteiger partial charge is 0.226 e. The van der Waals surface area contributed by atoms with Crippen molar-refractivity contribution in [2.75, 3.05) is 11.9 Å². The third-order valence-electron chi connectivity index (χ3n) is 4.33. The molecule has 134 valence electrons. The third-order valence-corrected chi connectivity index (χ3v) is 4.33. The van der Waals surface area contributed by atoms with Crippen LogP contribution in [-0.4, -0.2) is 18.5 Å². The first kappa shape index (κ1) is 19.3. The van der Waals surface area contributed by atoms with Crippen molar-refractivity contribution >= 4 is 24.0 Å². The van der Waals surface area contributed by atoms with Crippen LogP contribution >= 0.6 is 12.4 Å². The minimum Gasteiger partial charge on any atom is -0.484 e. The van der Waals surface area contributed by atoms with Crippen LogP contribution in [0.5, 0.6) is 5.75 Å². The molecule has 2 atom stereocenters. The Morgan fingerprint density at radius 2 is 1.92 bits per heavy atom. The van der Waals surface area contributed by atoms with Gasteiger partial charge in [-0.05, 0) is 44.0 Å².